The van der Waals surface area contributed by atoms with Crippen molar-refractivity contribution >= 4 is 38.6 Å². The Morgan fingerprint density at radius 1 is 1.35 bits per heavy atom. The molecule has 0 fully saturated rings. The molecule has 3 rings (SSSR count). The molecule has 0 aliphatic carbocycles. The Hall–Kier alpha value is -2.74. The summed E-state index contributed by atoms with van der Waals surface area (Å²) in [6.07, 6.45) is 0. The summed E-state index contributed by atoms with van der Waals surface area (Å²) < 4.78 is 10.6. The van der Waals surface area contributed by atoms with Crippen molar-refractivity contribution < 1.29 is 18.8 Å². The van der Waals surface area contributed by atoms with Gasteiger partial charge in [-0.3, -0.25) is 10.1 Å². The fourth-order valence-electron chi connectivity index (χ4n) is 1.95. The number of fused-ring (bicyclic) bond motifs is 1. The van der Waals surface area contributed by atoms with Crippen LogP contribution >= 0.6 is 11.3 Å². The Labute approximate surface area is 135 Å². The van der Waals surface area contributed by atoms with Crippen LogP contribution in [0.4, 0.5) is 5.13 Å². The number of hydrogen-bond acceptors (Lipinski definition) is 7. The van der Waals surface area contributed by atoms with Crippen LogP contribution in [0.5, 0.6) is 0 Å². The van der Waals surface area contributed by atoms with Crippen molar-refractivity contribution in [2.24, 2.45) is 0 Å². The molecule has 2 heterocycles. The zero-order valence-electron chi connectivity index (χ0n) is 12.5. The average Bonchev–Trinajstić information content (AvgIpc) is 3.12. The molecule has 1 aromatic carbocycles. The molecule has 0 unspecified atom stereocenters. The monoisotopic (exact) mass is 331 g/mol. The van der Waals surface area contributed by atoms with Crippen molar-refractivity contribution in [3.63, 3.8) is 0 Å². The van der Waals surface area contributed by atoms with Crippen molar-refractivity contribution in [2.75, 3.05) is 11.9 Å². The molecule has 7 nitrogen and oxygen atoms in total. The Morgan fingerprint density at radius 2 is 2.17 bits per heavy atom. The second-order valence-corrected chi connectivity index (χ2v) is 5.74. The van der Waals surface area contributed by atoms with Crippen molar-refractivity contribution in [3.8, 4) is 0 Å². The van der Waals surface area contributed by atoms with E-state index in [1.54, 1.807) is 38.1 Å². The highest BCUT2D eigenvalue weighted by Gasteiger charge is 2.15. The third-order valence-corrected chi connectivity index (χ3v) is 3.91. The number of ether oxygens (including phenoxy) is 1. The molecular weight excluding hydrogens is 318 g/mol. The van der Waals surface area contributed by atoms with Crippen LogP contribution < -0.4 is 5.32 Å². The van der Waals surface area contributed by atoms with Gasteiger partial charge in [0.1, 0.15) is 0 Å². The van der Waals surface area contributed by atoms with Crippen LogP contribution in [0.1, 0.15) is 33.5 Å². The molecule has 118 valence electrons. The summed E-state index contributed by atoms with van der Waals surface area (Å²) in [6.45, 7) is 3.80. The molecule has 0 aliphatic rings. The standard InChI is InChI=1S/C15H13N3O4S/c1-3-21-14(20)9-4-5-10-12(7-9)23-15(16-10)17-13(19)11-6-8(2)18-22-11/h4-7H,3H2,1-2H3,(H,16,17,19). The Morgan fingerprint density at radius 3 is 2.87 bits per heavy atom. The van der Waals surface area contributed by atoms with E-state index in [1.165, 1.54) is 11.3 Å². The fraction of sp³-hybridized carbons (Fsp3) is 0.200. The molecule has 8 heteroatoms. The zero-order chi connectivity index (χ0) is 16.4. The minimum Gasteiger partial charge on any atom is -0.462 e. The predicted molar refractivity (Wildman–Crippen MR) is 84.8 cm³/mol. The van der Waals surface area contributed by atoms with Gasteiger partial charge in [0, 0.05) is 6.07 Å². The van der Waals surface area contributed by atoms with Crippen LogP contribution in [0.2, 0.25) is 0 Å². The molecule has 23 heavy (non-hydrogen) atoms. The molecule has 1 amide bonds. The Balaban J connectivity index is 1.82. The molecule has 0 spiro atoms. The van der Waals surface area contributed by atoms with E-state index in [0.717, 1.165) is 4.70 Å². The van der Waals surface area contributed by atoms with Gasteiger partial charge >= 0.3 is 5.97 Å². The molecule has 0 aliphatic heterocycles. The second-order valence-electron chi connectivity index (χ2n) is 4.71. The molecule has 3 aromatic rings. The van der Waals surface area contributed by atoms with E-state index in [9.17, 15) is 9.59 Å². The minimum atomic E-state index is -0.421. The number of aryl methyl sites for hydroxylation is 1. The summed E-state index contributed by atoms with van der Waals surface area (Å²) in [5.41, 5.74) is 1.76. The summed E-state index contributed by atoms with van der Waals surface area (Å²) in [5.74, 6) is -0.685. The number of anilines is 1. The van der Waals surface area contributed by atoms with Crippen LogP contribution in [0.25, 0.3) is 10.2 Å². The molecule has 2 aromatic heterocycles. The second kappa shape index (κ2) is 6.17. The maximum atomic E-state index is 12.0. The van der Waals surface area contributed by atoms with Gasteiger partial charge in [0.15, 0.2) is 5.13 Å². The summed E-state index contributed by atoms with van der Waals surface area (Å²) in [7, 11) is 0. The molecule has 0 radical (unpaired) electrons. The largest absolute Gasteiger partial charge is 0.462 e. The van der Waals surface area contributed by atoms with Crippen LogP contribution in [-0.2, 0) is 4.74 Å². The van der Waals surface area contributed by atoms with Gasteiger partial charge in [-0.2, -0.15) is 0 Å². The molecule has 1 N–H and O–H groups in total. The van der Waals surface area contributed by atoms with Crippen molar-refractivity contribution in [2.45, 2.75) is 13.8 Å². The number of hydrogen-bond donors (Lipinski definition) is 1. The first-order valence-corrected chi connectivity index (χ1v) is 7.71. The van der Waals surface area contributed by atoms with Crippen LogP contribution in [0, 0.1) is 6.92 Å². The smallest absolute Gasteiger partial charge is 0.338 e. The van der Waals surface area contributed by atoms with E-state index in [-0.39, 0.29) is 11.7 Å². The third kappa shape index (κ3) is 3.21. The van der Waals surface area contributed by atoms with E-state index in [4.69, 9.17) is 9.26 Å². The van der Waals surface area contributed by atoms with E-state index in [1.807, 2.05) is 0 Å². The Kier molecular flexibility index (Phi) is 4.07. The van der Waals surface area contributed by atoms with E-state index < -0.39 is 5.91 Å². The number of nitrogens with zero attached hydrogens (tertiary/aromatic N) is 2. The first-order valence-electron chi connectivity index (χ1n) is 6.89. The quantitative estimate of drug-likeness (QED) is 0.739. The molecule has 0 saturated carbocycles. The van der Waals surface area contributed by atoms with E-state index >= 15 is 0 Å². The first kappa shape index (κ1) is 15.2. The van der Waals surface area contributed by atoms with Crippen molar-refractivity contribution in [1.29, 1.82) is 0 Å². The number of carbonyl (C=O) groups excluding carboxylic acids is 2. The number of rotatable bonds is 4. The number of thiazole rings is 1. The SMILES string of the molecule is CCOC(=O)c1ccc2nc(NC(=O)c3cc(C)no3)sc2c1. The molecule has 0 saturated heterocycles. The van der Waals surface area contributed by atoms with Crippen LogP contribution in [0.15, 0.2) is 28.8 Å². The lowest BCUT2D eigenvalue weighted by atomic mass is 10.2. The van der Waals surface area contributed by atoms with E-state index in [2.05, 4.69) is 15.5 Å². The lowest BCUT2D eigenvalue weighted by Crippen LogP contribution is -2.10. The zero-order valence-corrected chi connectivity index (χ0v) is 13.3. The van der Waals surface area contributed by atoms with Crippen LogP contribution in [0.3, 0.4) is 0 Å². The van der Waals surface area contributed by atoms with Crippen molar-refractivity contribution in [3.05, 3.63) is 41.3 Å². The van der Waals surface area contributed by atoms with Gasteiger partial charge < -0.3 is 9.26 Å². The van der Waals surface area contributed by atoms with Gasteiger partial charge in [0.05, 0.1) is 28.1 Å². The molecule has 0 atom stereocenters. The minimum absolute atomic E-state index is 0.119. The predicted octanol–water partition coefficient (Wildman–Crippen LogP) is 3.02. The van der Waals surface area contributed by atoms with Gasteiger partial charge in [-0.05, 0) is 32.0 Å². The fourth-order valence-corrected chi connectivity index (χ4v) is 2.85. The number of carbonyl (C=O) groups is 2. The highest BCUT2D eigenvalue weighted by atomic mass is 32.1. The average molecular weight is 331 g/mol. The highest BCUT2D eigenvalue weighted by molar-refractivity contribution is 7.22. The van der Waals surface area contributed by atoms with Gasteiger partial charge in [0.2, 0.25) is 5.76 Å². The lowest BCUT2D eigenvalue weighted by molar-refractivity contribution is 0.0526. The van der Waals surface area contributed by atoms with Crippen LogP contribution in [-0.4, -0.2) is 28.6 Å². The highest BCUT2D eigenvalue weighted by Crippen LogP contribution is 2.27. The molecular formula is C15H13N3O4S. The maximum absolute atomic E-state index is 12.0. The number of nitrogens with one attached hydrogen (secondary N) is 1. The topological polar surface area (TPSA) is 94.3 Å². The summed E-state index contributed by atoms with van der Waals surface area (Å²) in [6, 6.07) is 6.60. The molecule has 0 bridgehead atoms. The summed E-state index contributed by atoms with van der Waals surface area (Å²) in [4.78, 5) is 28.0. The summed E-state index contributed by atoms with van der Waals surface area (Å²) in [5, 5.41) is 6.74. The van der Waals surface area contributed by atoms with Gasteiger partial charge in [-0.1, -0.05) is 16.5 Å². The normalized spacial score (nSPS) is 10.7. The Bertz CT molecular complexity index is 884. The number of benzene rings is 1. The lowest BCUT2D eigenvalue weighted by Gasteiger charge is -2.00. The van der Waals surface area contributed by atoms with Gasteiger partial charge in [0.25, 0.3) is 5.91 Å². The third-order valence-electron chi connectivity index (χ3n) is 2.97. The van der Waals surface area contributed by atoms with Gasteiger partial charge in [-0.15, -0.1) is 0 Å². The van der Waals surface area contributed by atoms with E-state index in [0.29, 0.717) is 28.5 Å². The number of esters is 1. The first-order chi connectivity index (χ1) is 11.1. The number of amides is 1. The van der Waals surface area contributed by atoms with Gasteiger partial charge in [-0.25, -0.2) is 9.78 Å². The summed E-state index contributed by atoms with van der Waals surface area (Å²) >= 11 is 1.26. The number of aromatic nitrogens is 2. The maximum Gasteiger partial charge on any atom is 0.338 e. The van der Waals surface area contributed by atoms with Crippen molar-refractivity contribution in [1.82, 2.24) is 10.1 Å².